The first-order valence-corrected chi connectivity index (χ1v) is 8.22. The summed E-state index contributed by atoms with van der Waals surface area (Å²) in [4.78, 5) is 32.6. The van der Waals surface area contributed by atoms with Gasteiger partial charge in [0.1, 0.15) is 6.61 Å². The highest BCUT2D eigenvalue weighted by molar-refractivity contribution is 7.09. The van der Waals surface area contributed by atoms with Crippen LogP contribution in [0.15, 0.2) is 35.8 Å². The zero-order valence-electron chi connectivity index (χ0n) is 13.7. The topological polar surface area (TPSA) is 94.4 Å². The average Bonchev–Trinajstić information content (AvgIpc) is 2.97. The van der Waals surface area contributed by atoms with E-state index >= 15 is 0 Å². The van der Waals surface area contributed by atoms with E-state index in [9.17, 15) is 14.9 Å². The summed E-state index contributed by atoms with van der Waals surface area (Å²) in [7, 11) is 0. The largest absolute Gasteiger partial charge is 0.344 e. The summed E-state index contributed by atoms with van der Waals surface area (Å²) >= 11 is 1.46. The van der Waals surface area contributed by atoms with Crippen LogP contribution in [0, 0.1) is 22.5 Å². The molecule has 128 valence electrons. The van der Waals surface area contributed by atoms with Gasteiger partial charge in [0.2, 0.25) is 5.91 Å². The van der Waals surface area contributed by atoms with Gasteiger partial charge in [0, 0.05) is 0 Å². The van der Waals surface area contributed by atoms with Crippen LogP contribution in [0.2, 0.25) is 0 Å². The van der Waals surface area contributed by atoms with Crippen LogP contribution in [-0.2, 0) is 9.63 Å². The van der Waals surface area contributed by atoms with Crippen molar-refractivity contribution in [3.05, 3.63) is 62.1 Å². The first-order chi connectivity index (χ1) is 11.3. The first-order valence-electron chi connectivity index (χ1n) is 7.34. The predicted octanol–water partition coefficient (Wildman–Crippen LogP) is 2.89. The Kier molecular flexibility index (Phi) is 5.50. The molecule has 0 radical (unpaired) electrons. The predicted molar refractivity (Wildman–Crippen MR) is 90.0 cm³/mol. The van der Waals surface area contributed by atoms with Crippen molar-refractivity contribution in [1.29, 1.82) is 0 Å². The third kappa shape index (κ3) is 4.29. The van der Waals surface area contributed by atoms with Crippen molar-refractivity contribution >= 4 is 17.2 Å². The second kappa shape index (κ2) is 7.39. The molecule has 8 heteroatoms. The third-order valence-corrected chi connectivity index (χ3v) is 4.59. The number of benzene rings is 1. The molecule has 0 bridgehead atoms. The number of hydrogen-bond donors (Lipinski definition) is 1. The minimum Gasteiger partial charge on any atom is -0.344 e. The molecule has 0 aliphatic rings. The minimum absolute atomic E-state index is 0.311. The summed E-state index contributed by atoms with van der Waals surface area (Å²) in [5.74, 6) is -0.328. The molecule has 1 atom stereocenters. The maximum absolute atomic E-state index is 12.6. The van der Waals surface area contributed by atoms with Crippen LogP contribution >= 0.6 is 11.3 Å². The highest BCUT2D eigenvalue weighted by Gasteiger charge is 2.32. The number of carbonyl (C=O) groups is 1. The van der Waals surface area contributed by atoms with Crippen molar-refractivity contribution < 1.29 is 14.7 Å². The lowest BCUT2D eigenvalue weighted by molar-refractivity contribution is -0.760. The summed E-state index contributed by atoms with van der Waals surface area (Å²) < 4.78 is 0. The quantitative estimate of drug-likeness (QED) is 0.613. The van der Waals surface area contributed by atoms with Gasteiger partial charge in [-0.25, -0.2) is 4.98 Å². The molecule has 0 saturated heterocycles. The van der Waals surface area contributed by atoms with E-state index in [4.69, 9.17) is 0 Å². The molecule has 2 aromatic rings. The zero-order valence-corrected chi connectivity index (χ0v) is 14.5. The standard InChI is InChI=1S/C16H19N3O4S/c1-11-14(24-10-17-11)13(12-7-5-4-6-8-12)18-15(20)16(2,3)9-23-19(21)22/h4-8,10,13H,9H2,1-3H3,(H,18,20). The number of amides is 1. The molecule has 1 aromatic carbocycles. The van der Waals surface area contributed by atoms with Gasteiger partial charge in [0.25, 0.3) is 5.09 Å². The SMILES string of the molecule is Cc1ncsc1C(NC(=O)C(C)(C)CO[N+](=O)[O-])c1ccccc1. The Morgan fingerprint density at radius 1 is 1.42 bits per heavy atom. The number of thiazole rings is 1. The lowest BCUT2D eigenvalue weighted by Gasteiger charge is -2.26. The van der Waals surface area contributed by atoms with Crippen LogP contribution < -0.4 is 5.32 Å². The summed E-state index contributed by atoms with van der Waals surface area (Å²) in [5, 5.41) is 12.5. The summed E-state index contributed by atoms with van der Waals surface area (Å²) in [6.07, 6.45) is 0. The molecule has 1 N–H and O–H groups in total. The molecule has 7 nitrogen and oxygen atoms in total. The van der Waals surface area contributed by atoms with E-state index in [0.717, 1.165) is 16.1 Å². The lowest BCUT2D eigenvalue weighted by Crippen LogP contribution is -2.42. The van der Waals surface area contributed by atoms with Crippen molar-refractivity contribution in [1.82, 2.24) is 10.3 Å². The van der Waals surface area contributed by atoms with Gasteiger partial charge in [0.05, 0.1) is 27.5 Å². The molecule has 1 aromatic heterocycles. The highest BCUT2D eigenvalue weighted by atomic mass is 32.1. The highest BCUT2D eigenvalue weighted by Crippen LogP contribution is 2.29. The van der Waals surface area contributed by atoms with Crippen LogP contribution in [0.25, 0.3) is 0 Å². The Bertz CT molecular complexity index is 715. The van der Waals surface area contributed by atoms with Crippen molar-refractivity contribution in [2.75, 3.05) is 6.61 Å². The molecule has 1 amide bonds. The van der Waals surface area contributed by atoms with E-state index in [1.54, 1.807) is 19.4 Å². The van der Waals surface area contributed by atoms with Gasteiger partial charge in [-0.2, -0.15) is 0 Å². The second-order valence-corrected chi connectivity index (χ2v) is 6.89. The number of nitrogens with one attached hydrogen (secondary N) is 1. The molecule has 1 unspecified atom stereocenters. The zero-order chi connectivity index (χ0) is 17.7. The van der Waals surface area contributed by atoms with E-state index in [2.05, 4.69) is 15.1 Å². The Morgan fingerprint density at radius 2 is 2.08 bits per heavy atom. The van der Waals surface area contributed by atoms with E-state index in [0.29, 0.717) is 0 Å². The number of hydrogen-bond acceptors (Lipinski definition) is 6. The third-order valence-electron chi connectivity index (χ3n) is 3.60. The molecule has 0 spiro atoms. The van der Waals surface area contributed by atoms with E-state index < -0.39 is 10.5 Å². The fourth-order valence-electron chi connectivity index (χ4n) is 2.14. The van der Waals surface area contributed by atoms with Crippen LogP contribution in [0.3, 0.4) is 0 Å². The summed E-state index contributed by atoms with van der Waals surface area (Å²) in [5.41, 5.74) is 2.45. The van der Waals surface area contributed by atoms with Crippen LogP contribution in [0.5, 0.6) is 0 Å². The number of carbonyl (C=O) groups excluding carboxylic acids is 1. The lowest BCUT2D eigenvalue weighted by atomic mass is 9.92. The van der Waals surface area contributed by atoms with E-state index in [1.807, 2.05) is 37.3 Å². The summed E-state index contributed by atoms with van der Waals surface area (Å²) in [6.45, 7) is 4.78. The molecular formula is C16H19N3O4S. The number of nitrogens with zero attached hydrogens (tertiary/aromatic N) is 2. The molecule has 0 aliphatic heterocycles. The van der Waals surface area contributed by atoms with Crippen molar-refractivity contribution in [2.24, 2.45) is 5.41 Å². The van der Waals surface area contributed by atoms with Gasteiger partial charge in [0.15, 0.2) is 0 Å². The average molecular weight is 349 g/mol. The number of rotatable bonds is 7. The number of aryl methyl sites for hydroxylation is 1. The van der Waals surface area contributed by atoms with Crippen molar-refractivity contribution in [3.8, 4) is 0 Å². The molecule has 0 aliphatic carbocycles. The smallest absolute Gasteiger partial charge is 0.294 e. The molecular weight excluding hydrogens is 330 g/mol. The molecule has 0 saturated carbocycles. The van der Waals surface area contributed by atoms with E-state index in [1.165, 1.54) is 11.3 Å². The fourth-order valence-corrected chi connectivity index (χ4v) is 3.02. The normalized spacial score (nSPS) is 12.5. The van der Waals surface area contributed by atoms with Crippen LogP contribution in [0.1, 0.15) is 36.0 Å². The van der Waals surface area contributed by atoms with Gasteiger partial charge < -0.3 is 10.2 Å². The second-order valence-electron chi connectivity index (χ2n) is 6.00. The monoisotopic (exact) mass is 349 g/mol. The molecule has 2 rings (SSSR count). The van der Waals surface area contributed by atoms with Crippen LogP contribution in [0.4, 0.5) is 0 Å². The van der Waals surface area contributed by atoms with Gasteiger partial charge in [-0.15, -0.1) is 21.5 Å². The van der Waals surface area contributed by atoms with Crippen molar-refractivity contribution in [2.45, 2.75) is 26.8 Å². The molecule has 1 heterocycles. The van der Waals surface area contributed by atoms with Gasteiger partial charge >= 0.3 is 0 Å². The molecule has 0 fully saturated rings. The van der Waals surface area contributed by atoms with Gasteiger partial charge in [-0.1, -0.05) is 30.3 Å². The van der Waals surface area contributed by atoms with Crippen molar-refractivity contribution in [3.63, 3.8) is 0 Å². The van der Waals surface area contributed by atoms with Gasteiger partial charge in [-0.3, -0.25) is 4.79 Å². The Hall–Kier alpha value is -2.48. The first kappa shape index (κ1) is 17.9. The number of aromatic nitrogens is 1. The Labute approximate surface area is 143 Å². The Morgan fingerprint density at radius 3 is 2.62 bits per heavy atom. The summed E-state index contributed by atoms with van der Waals surface area (Å²) in [6, 6.07) is 9.17. The van der Waals surface area contributed by atoms with Crippen LogP contribution in [-0.4, -0.2) is 22.6 Å². The van der Waals surface area contributed by atoms with E-state index in [-0.39, 0.29) is 18.6 Å². The minimum atomic E-state index is -1.04. The Balaban J connectivity index is 2.25. The maximum atomic E-state index is 12.6. The maximum Gasteiger partial charge on any atom is 0.294 e. The fraction of sp³-hybridized carbons (Fsp3) is 0.375. The van der Waals surface area contributed by atoms with Gasteiger partial charge in [-0.05, 0) is 26.3 Å². The molecule has 24 heavy (non-hydrogen) atoms.